The van der Waals surface area contributed by atoms with E-state index in [-0.39, 0.29) is 35.7 Å². The first-order valence-electron chi connectivity index (χ1n) is 6.86. The fourth-order valence-electron chi connectivity index (χ4n) is 2.46. The van der Waals surface area contributed by atoms with Crippen LogP contribution < -0.4 is 4.74 Å². The van der Waals surface area contributed by atoms with E-state index in [1.807, 2.05) is 19.9 Å². The number of ketones is 1. The van der Waals surface area contributed by atoms with E-state index in [1.54, 1.807) is 18.2 Å². The first-order chi connectivity index (χ1) is 9.37. The SMILES string of the molecule is CC(C)Oc1ccccc1C(=O)CC1CCS(=O)(=O)C1. The van der Waals surface area contributed by atoms with Gasteiger partial charge in [-0.15, -0.1) is 0 Å². The second-order valence-corrected chi connectivity index (χ2v) is 7.79. The number of hydrogen-bond donors (Lipinski definition) is 0. The van der Waals surface area contributed by atoms with Crippen LogP contribution in [0.4, 0.5) is 0 Å². The molecule has 5 heteroatoms. The summed E-state index contributed by atoms with van der Waals surface area (Å²) in [5.74, 6) is 0.817. The largest absolute Gasteiger partial charge is 0.490 e. The van der Waals surface area contributed by atoms with Crippen LogP contribution in [0.5, 0.6) is 5.75 Å². The summed E-state index contributed by atoms with van der Waals surface area (Å²) in [5, 5.41) is 0. The molecule has 1 heterocycles. The molecule has 0 spiro atoms. The zero-order chi connectivity index (χ0) is 14.8. The number of hydrogen-bond acceptors (Lipinski definition) is 4. The average Bonchev–Trinajstić information content (AvgIpc) is 2.68. The maximum Gasteiger partial charge on any atom is 0.166 e. The van der Waals surface area contributed by atoms with Gasteiger partial charge in [-0.1, -0.05) is 12.1 Å². The maximum atomic E-state index is 12.3. The van der Waals surface area contributed by atoms with Crippen molar-refractivity contribution in [2.75, 3.05) is 11.5 Å². The summed E-state index contributed by atoms with van der Waals surface area (Å²) >= 11 is 0. The zero-order valence-electron chi connectivity index (χ0n) is 11.8. The molecular weight excluding hydrogens is 276 g/mol. The Kier molecular flexibility index (Phi) is 4.48. The number of carbonyl (C=O) groups excluding carboxylic acids is 1. The molecule has 1 saturated heterocycles. The molecule has 0 radical (unpaired) electrons. The Labute approximate surface area is 120 Å². The fraction of sp³-hybridized carbons (Fsp3) is 0.533. The summed E-state index contributed by atoms with van der Waals surface area (Å²) in [7, 11) is -2.94. The summed E-state index contributed by atoms with van der Waals surface area (Å²) in [6.07, 6.45) is 0.856. The number of para-hydroxylation sites is 1. The first kappa shape index (κ1) is 15.0. The van der Waals surface area contributed by atoms with Crippen LogP contribution in [-0.2, 0) is 9.84 Å². The second-order valence-electron chi connectivity index (χ2n) is 5.56. The van der Waals surface area contributed by atoms with Crippen molar-refractivity contribution in [1.29, 1.82) is 0 Å². The van der Waals surface area contributed by atoms with Gasteiger partial charge in [-0.05, 0) is 38.3 Å². The summed E-state index contributed by atoms with van der Waals surface area (Å²) in [6, 6.07) is 7.14. The lowest BCUT2D eigenvalue weighted by atomic mass is 9.97. The number of Topliss-reactive ketones (excluding diaryl/α,β-unsaturated/α-hetero) is 1. The predicted molar refractivity (Wildman–Crippen MR) is 77.9 cm³/mol. The molecule has 0 N–H and O–H groups in total. The van der Waals surface area contributed by atoms with E-state index in [9.17, 15) is 13.2 Å². The van der Waals surface area contributed by atoms with E-state index in [0.29, 0.717) is 17.7 Å². The van der Waals surface area contributed by atoms with Crippen LogP contribution in [0.15, 0.2) is 24.3 Å². The van der Waals surface area contributed by atoms with Crippen molar-refractivity contribution in [3.8, 4) is 5.75 Å². The third-order valence-corrected chi connectivity index (χ3v) is 5.19. The van der Waals surface area contributed by atoms with Gasteiger partial charge >= 0.3 is 0 Å². The Balaban J connectivity index is 2.10. The van der Waals surface area contributed by atoms with Crippen LogP contribution in [0.1, 0.15) is 37.0 Å². The molecular formula is C15H20O4S. The standard InChI is InChI=1S/C15H20O4S/c1-11(2)19-15-6-4-3-5-13(15)14(16)9-12-7-8-20(17,18)10-12/h3-6,11-12H,7-10H2,1-2H3. The Morgan fingerprint density at radius 2 is 2.05 bits per heavy atom. The lowest BCUT2D eigenvalue weighted by Gasteiger charge is -2.14. The molecule has 2 rings (SSSR count). The molecule has 0 amide bonds. The number of carbonyl (C=O) groups is 1. The van der Waals surface area contributed by atoms with Gasteiger partial charge in [-0.25, -0.2) is 8.42 Å². The summed E-state index contributed by atoms with van der Waals surface area (Å²) in [5.41, 5.74) is 0.547. The normalized spacial score (nSPS) is 21.1. The summed E-state index contributed by atoms with van der Waals surface area (Å²) in [6.45, 7) is 3.82. The van der Waals surface area contributed by atoms with Gasteiger partial charge in [-0.2, -0.15) is 0 Å². The quantitative estimate of drug-likeness (QED) is 0.783. The molecule has 1 aliphatic rings. The first-order valence-corrected chi connectivity index (χ1v) is 8.69. The lowest BCUT2D eigenvalue weighted by Crippen LogP contribution is -2.13. The number of benzene rings is 1. The monoisotopic (exact) mass is 296 g/mol. The molecule has 20 heavy (non-hydrogen) atoms. The molecule has 1 fully saturated rings. The van der Waals surface area contributed by atoms with Crippen LogP contribution in [0.3, 0.4) is 0 Å². The smallest absolute Gasteiger partial charge is 0.166 e. The van der Waals surface area contributed by atoms with Gasteiger partial charge in [0.2, 0.25) is 0 Å². The van der Waals surface area contributed by atoms with Gasteiger partial charge in [0.15, 0.2) is 15.6 Å². The van der Waals surface area contributed by atoms with E-state index in [2.05, 4.69) is 0 Å². The fourth-order valence-corrected chi connectivity index (χ4v) is 4.32. The van der Waals surface area contributed by atoms with Crippen LogP contribution in [0.2, 0.25) is 0 Å². The molecule has 0 aliphatic carbocycles. The minimum Gasteiger partial charge on any atom is -0.490 e. The second kappa shape index (κ2) is 5.95. The van der Waals surface area contributed by atoms with E-state index in [1.165, 1.54) is 0 Å². The number of sulfone groups is 1. The molecule has 110 valence electrons. The van der Waals surface area contributed by atoms with Crippen molar-refractivity contribution in [2.24, 2.45) is 5.92 Å². The molecule has 4 nitrogen and oxygen atoms in total. The molecule has 0 bridgehead atoms. The van der Waals surface area contributed by atoms with Crippen molar-refractivity contribution in [3.63, 3.8) is 0 Å². The molecule has 1 unspecified atom stereocenters. The number of rotatable bonds is 5. The number of ether oxygens (including phenoxy) is 1. The van der Waals surface area contributed by atoms with Crippen molar-refractivity contribution < 1.29 is 17.9 Å². The predicted octanol–water partition coefficient (Wildman–Crippen LogP) is 2.48. The van der Waals surface area contributed by atoms with Crippen molar-refractivity contribution >= 4 is 15.6 Å². The van der Waals surface area contributed by atoms with Gasteiger partial charge in [0, 0.05) is 6.42 Å². The lowest BCUT2D eigenvalue weighted by molar-refractivity contribution is 0.0960. The molecule has 1 atom stereocenters. The minimum atomic E-state index is -2.94. The van der Waals surface area contributed by atoms with Crippen molar-refractivity contribution in [1.82, 2.24) is 0 Å². The Morgan fingerprint density at radius 3 is 2.65 bits per heavy atom. The summed E-state index contributed by atoms with van der Waals surface area (Å²) in [4.78, 5) is 12.3. The van der Waals surface area contributed by atoms with E-state index < -0.39 is 9.84 Å². The van der Waals surface area contributed by atoms with Crippen LogP contribution in [-0.4, -0.2) is 31.8 Å². The maximum absolute atomic E-state index is 12.3. The average molecular weight is 296 g/mol. The van der Waals surface area contributed by atoms with E-state index in [4.69, 9.17) is 4.74 Å². The zero-order valence-corrected chi connectivity index (χ0v) is 12.7. The summed E-state index contributed by atoms with van der Waals surface area (Å²) < 4.78 is 28.5. The van der Waals surface area contributed by atoms with Crippen LogP contribution in [0, 0.1) is 5.92 Å². The topological polar surface area (TPSA) is 60.4 Å². The Morgan fingerprint density at radius 1 is 1.35 bits per heavy atom. The highest BCUT2D eigenvalue weighted by molar-refractivity contribution is 7.91. The van der Waals surface area contributed by atoms with Gasteiger partial charge in [0.1, 0.15) is 5.75 Å². The minimum absolute atomic E-state index is 0.00388. The van der Waals surface area contributed by atoms with Crippen LogP contribution >= 0.6 is 0 Å². The molecule has 1 aliphatic heterocycles. The van der Waals surface area contributed by atoms with Crippen LogP contribution in [0.25, 0.3) is 0 Å². The molecule has 1 aromatic rings. The van der Waals surface area contributed by atoms with Gasteiger partial charge in [0.25, 0.3) is 0 Å². The van der Waals surface area contributed by atoms with Gasteiger partial charge in [-0.3, -0.25) is 4.79 Å². The Bertz CT molecular complexity index is 590. The highest BCUT2D eigenvalue weighted by atomic mass is 32.2. The molecule has 1 aromatic carbocycles. The third-order valence-electron chi connectivity index (χ3n) is 3.35. The van der Waals surface area contributed by atoms with Crippen molar-refractivity contribution in [3.05, 3.63) is 29.8 Å². The highest BCUT2D eigenvalue weighted by Gasteiger charge is 2.30. The van der Waals surface area contributed by atoms with Gasteiger partial charge in [0.05, 0.1) is 23.2 Å². The van der Waals surface area contributed by atoms with Gasteiger partial charge < -0.3 is 4.74 Å². The molecule has 0 aromatic heterocycles. The van der Waals surface area contributed by atoms with E-state index >= 15 is 0 Å². The van der Waals surface area contributed by atoms with E-state index in [0.717, 1.165) is 0 Å². The molecule has 0 saturated carbocycles. The highest BCUT2D eigenvalue weighted by Crippen LogP contribution is 2.27. The van der Waals surface area contributed by atoms with Crippen molar-refractivity contribution in [2.45, 2.75) is 32.8 Å². The third kappa shape index (κ3) is 3.82. The Hall–Kier alpha value is -1.36.